The van der Waals surface area contributed by atoms with Gasteiger partial charge in [0.15, 0.2) is 15.7 Å². The van der Waals surface area contributed by atoms with Crippen LogP contribution in [0.25, 0.3) is 5.82 Å². The molecule has 2 aromatic rings. The molecule has 2 aromatic heterocycles. The summed E-state index contributed by atoms with van der Waals surface area (Å²) in [5.41, 5.74) is 0.527. The topological polar surface area (TPSA) is 90.3 Å². The highest BCUT2D eigenvalue weighted by atomic mass is 32.2. The fourth-order valence-electron chi connectivity index (χ4n) is 2.94. The van der Waals surface area contributed by atoms with Crippen LogP contribution in [0.15, 0.2) is 21.6 Å². The Morgan fingerprint density at radius 2 is 2.17 bits per heavy atom. The van der Waals surface area contributed by atoms with Crippen LogP contribution in [-0.2, 0) is 16.5 Å². The van der Waals surface area contributed by atoms with Crippen LogP contribution in [0.1, 0.15) is 17.9 Å². The van der Waals surface area contributed by atoms with Crippen LogP contribution >= 0.6 is 0 Å². The summed E-state index contributed by atoms with van der Waals surface area (Å²) in [6.07, 6.45) is 2.35. The number of hydrogen-bond acceptors (Lipinski definition) is 6. The van der Waals surface area contributed by atoms with Gasteiger partial charge < -0.3 is 4.52 Å². The average Bonchev–Trinajstić information content (AvgIpc) is 3.10. The van der Waals surface area contributed by atoms with Gasteiger partial charge in [-0.2, -0.15) is 0 Å². The SMILES string of the molecule is Cc1cc(-n2c(C)cn(CN(C)[C@@H]3CCS(=O)(=O)C3)c2=O)no1. The Kier molecular flexibility index (Phi) is 3.93. The third-order valence-electron chi connectivity index (χ3n) is 4.18. The van der Waals surface area contributed by atoms with E-state index in [4.69, 9.17) is 4.52 Å². The van der Waals surface area contributed by atoms with Crippen LogP contribution < -0.4 is 5.69 Å². The zero-order valence-electron chi connectivity index (χ0n) is 13.4. The quantitative estimate of drug-likeness (QED) is 0.796. The van der Waals surface area contributed by atoms with Crippen molar-refractivity contribution in [2.24, 2.45) is 0 Å². The Hall–Kier alpha value is -1.87. The van der Waals surface area contributed by atoms with Gasteiger partial charge in [0.1, 0.15) is 5.76 Å². The lowest BCUT2D eigenvalue weighted by Gasteiger charge is -2.22. The van der Waals surface area contributed by atoms with E-state index in [1.807, 2.05) is 18.9 Å². The van der Waals surface area contributed by atoms with Crippen LogP contribution in [0.4, 0.5) is 0 Å². The van der Waals surface area contributed by atoms with Gasteiger partial charge in [0, 0.05) is 24.0 Å². The molecule has 126 valence electrons. The first-order valence-electron chi connectivity index (χ1n) is 7.40. The number of imidazole rings is 1. The Balaban J connectivity index is 1.83. The molecule has 1 aliphatic rings. The molecule has 23 heavy (non-hydrogen) atoms. The molecule has 3 heterocycles. The fourth-order valence-corrected chi connectivity index (χ4v) is 4.74. The summed E-state index contributed by atoms with van der Waals surface area (Å²) in [7, 11) is -1.10. The molecule has 0 N–H and O–H groups in total. The first-order valence-corrected chi connectivity index (χ1v) is 9.22. The highest BCUT2D eigenvalue weighted by Crippen LogP contribution is 2.17. The maximum absolute atomic E-state index is 12.6. The molecule has 1 fully saturated rings. The van der Waals surface area contributed by atoms with E-state index in [2.05, 4.69) is 5.16 Å². The van der Waals surface area contributed by atoms with Gasteiger partial charge in [-0.25, -0.2) is 17.8 Å². The molecule has 3 rings (SSSR count). The maximum atomic E-state index is 12.6. The highest BCUT2D eigenvalue weighted by Gasteiger charge is 2.31. The Morgan fingerprint density at radius 3 is 2.74 bits per heavy atom. The standard InChI is InChI=1S/C14H20N4O4S/c1-10-7-17(9-16(3)12-4-5-23(20,21)8-12)14(19)18(10)13-6-11(2)22-15-13/h6-7,12H,4-5,8-9H2,1-3H3/t12-/m1/s1. The van der Waals surface area contributed by atoms with E-state index in [-0.39, 0.29) is 23.2 Å². The first kappa shape index (κ1) is 16.0. The summed E-state index contributed by atoms with van der Waals surface area (Å²) >= 11 is 0. The van der Waals surface area contributed by atoms with E-state index in [1.165, 1.54) is 4.57 Å². The highest BCUT2D eigenvalue weighted by molar-refractivity contribution is 7.91. The monoisotopic (exact) mass is 340 g/mol. The number of rotatable bonds is 4. The van der Waals surface area contributed by atoms with E-state index in [1.54, 1.807) is 23.8 Å². The van der Waals surface area contributed by atoms with Crippen molar-refractivity contribution < 1.29 is 12.9 Å². The van der Waals surface area contributed by atoms with Crippen molar-refractivity contribution in [2.75, 3.05) is 18.6 Å². The van der Waals surface area contributed by atoms with Gasteiger partial charge in [-0.05, 0) is 27.3 Å². The van der Waals surface area contributed by atoms with Crippen molar-refractivity contribution >= 4 is 9.84 Å². The molecule has 0 unspecified atom stereocenters. The van der Waals surface area contributed by atoms with Gasteiger partial charge in [0.25, 0.3) is 0 Å². The molecule has 1 atom stereocenters. The van der Waals surface area contributed by atoms with Crippen molar-refractivity contribution in [3.63, 3.8) is 0 Å². The number of nitrogens with zero attached hydrogens (tertiary/aromatic N) is 4. The van der Waals surface area contributed by atoms with E-state index in [9.17, 15) is 13.2 Å². The molecule has 0 saturated carbocycles. The van der Waals surface area contributed by atoms with Crippen LogP contribution in [0, 0.1) is 13.8 Å². The summed E-state index contributed by atoms with van der Waals surface area (Å²) in [5, 5.41) is 3.88. The van der Waals surface area contributed by atoms with Crippen LogP contribution in [0.3, 0.4) is 0 Å². The molecule has 0 radical (unpaired) electrons. The second kappa shape index (κ2) is 5.64. The smallest absolute Gasteiger partial charge is 0.335 e. The zero-order valence-corrected chi connectivity index (χ0v) is 14.2. The minimum absolute atomic E-state index is 0.0511. The van der Waals surface area contributed by atoms with Gasteiger partial charge in [0.05, 0.1) is 18.2 Å². The summed E-state index contributed by atoms with van der Waals surface area (Å²) < 4.78 is 31.3. The molecule has 0 amide bonds. The fraction of sp³-hybridized carbons (Fsp3) is 0.571. The van der Waals surface area contributed by atoms with Crippen molar-refractivity contribution in [3.05, 3.63) is 34.2 Å². The van der Waals surface area contributed by atoms with E-state index in [0.717, 1.165) is 5.69 Å². The van der Waals surface area contributed by atoms with Crippen molar-refractivity contribution in [3.8, 4) is 5.82 Å². The third-order valence-corrected chi connectivity index (χ3v) is 5.93. The normalized spacial score (nSPS) is 20.4. The molecule has 0 spiro atoms. The average molecular weight is 340 g/mol. The predicted octanol–water partition coefficient (Wildman–Crippen LogP) is 0.320. The molecule has 8 nitrogen and oxygen atoms in total. The van der Waals surface area contributed by atoms with Crippen LogP contribution in [0.5, 0.6) is 0 Å². The second-order valence-corrected chi connectivity index (χ2v) is 8.34. The lowest BCUT2D eigenvalue weighted by atomic mass is 10.2. The number of aryl methyl sites for hydroxylation is 2. The second-order valence-electron chi connectivity index (χ2n) is 6.11. The lowest BCUT2D eigenvalue weighted by Crippen LogP contribution is -2.37. The predicted molar refractivity (Wildman–Crippen MR) is 84.4 cm³/mol. The summed E-state index contributed by atoms with van der Waals surface area (Å²) in [6, 6.07) is 1.65. The van der Waals surface area contributed by atoms with E-state index in [0.29, 0.717) is 24.7 Å². The van der Waals surface area contributed by atoms with Crippen molar-refractivity contribution in [1.82, 2.24) is 19.2 Å². The molecule has 0 aromatic carbocycles. The Labute approximate surface area is 134 Å². The van der Waals surface area contributed by atoms with E-state index < -0.39 is 9.84 Å². The minimum Gasteiger partial charge on any atom is -0.360 e. The van der Waals surface area contributed by atoms with Crippen LogP contribution in [0.2, 0.25) is 0 Å². The largest absolute Gasteiger partial charge is 0.360 e. The van der Waals surface area contributed by atoms with Gasteiger partial charge in [-0.3, -0.25) is 9.47 Å². The zero-order chi connectivity index (χ0) is 16.8. The first-order chi connectivity index (χ1) is 10.8. The third kappa shape index (κ3) is 3.11. The minimum atomic E-state index is -2.94. The molecule has 1 saturated heterocycles. The van der Waals surface area contributed by atoms with Gasteiger partial charge in [0.2, 0.25) is 0 Å². The molecule has 9 heteroatoms. The maximum Gasteiger partial charge on any atom is 0.335 e. The summed E-state index contributed by atoms with van der Waals surface area (Å²) in [4.78, 5) is 14.5. The number of hydrogen-bond donors (Lipinski definition) is 0. The molecular formula is C14H20N4O4S. The Morgan fingerprint density at radius 1 is 1.43 bits per heavy atom. The molecular weight excluding hydrogens is 320 g/mol. The molecule has 1 aliphatic heterocycles. The van der Waals surface area contributed by atoms with Gasteiger partial charge >= 0.3 is 5.69 Å². The van der Waals surface area contributed by atoms with Gasteiger partial charge in [-0.1, -0.05) is 5.16 Å². The molecule has 0 aliphatic carbocycles. The Bertz CT molecular complexity index is 877. The molecule has 0 bridgehead atoms. The van der Waals surface area contributed by atoms with E-state index >= 15 is 0 Å². The number of sulfone groups is 1. The van der Waals surface area contributed by atoms with Crippen LogP contribution in [-0.4, -0.2) is 52.2 Å². The summed E-state index contributed by atoms with van der Waals surface area (Å²) in [5.74, 6) is 1.46. The van der Waals surface area contributed by atoms with Crippen molar-refractivity contribution in [1.29, 1.82) is 0 Å². The van der Waals surface area contributed by atoms with Gasteiger partial charge in [-0.15, -0.1) is 0 Å². The lowest BCUT2D eigenvalue weighted by molar-refractivity contribution is 0.205. The number of aromatic nitrogens is 3. The summed E-state index contributed by atoms with van der Waals surface area (Å²) in [6.45, 7) is 3.92. The van der Waals surface area contributed by atoms with Crippen molar-refractivity contribution in [2.45, 2.75) is 33.0 Å².